The molecule has 30 heavy (non-hydrogen) atoms. The lowest BCUT2D eigenvalue weighted by molar-refractivity contribution is -0.903. The summed E-state index contributed by atoms with van der Waals surface area (Å²) in [6, 6.07) is 25.0. The number of fused-ring (bicyclic) bond motifs is 3. The zero-order chi connectivity index (χ0) is 20.5. The van der Waals surface area contributed by atoms with Crippen molar-refractivity contribution >= 4 is 39.1 Å². The normalized spacial score (nSPS) is 16.4. The Bertz CT molecular complexity index is 1090. The van der Waals surface area contributed by atoms with E-state index in [1.165, 1.54) is 32.4 Å². The van der Waals surface area contributed by atoms with Crippen LogP contribution >= 0.6 is 11.6 Å². The van der Waals surface area contributed by atoms with Crippen LogP contribution in [-0.4, -0.2) is 48.5 Å². The number of nitrogens with one attached hydrogen (secondary N) is 1. The van der Waals surface area contributed by atoms with Crippen LogP contribution in [0.1, 0.15) is 0 Å². The molecule has 0 aliphatic carbocycles. The van der Waals surface area contributed by atoms with Gasteiger partial charge in [-0.05, 0) is 36.4 Å². The molecule has 1 fully saturated rings. The topological polar surface area (TPSA) is 32.8 Å². The number of rotatable bonds is 5. The minimum atomic E-state index is -0.374. The Morgan fingerprint density at radius 1 is 0.833 bits per heavy atom. The van der Waals surface area contributed by atoms with Crippen LogP contribution in [0.5, 0.6) is 0 Å². The van der Waals surface area contributed by atoms with Crippen molar-refractivity contribution in [2.24, 2.45) is 0 Å². The molecule has 1 aromatic heterocycles. The van der Waals surface area contributed by atoms with Gasteiger partial charge in [-0.2, -0.15) is 0 Å². The van der Waals surface area contributed by atoms with Crippen LogP contribution in [0.25, 0.3) is 21.8 Å². The molecule has 2 heterocycles. The van der Waals surface area contributed by atoms with Crippen molar-refractivity contribution in [2.75, 3.05) is 37.6 Å². The summed E-state index contributed by atoms with van der Waals surface area (Å²) in [4.78, 5) is 3.87. The van der Waals surface area contributed by atoms with E-state index in [4.69, 9.17) is 11.6 Å². The zero-order valence-electron chi connectivity index (χ0n) is 17.0. The predicted molar refractivity (Wildman–Crippen MR) is 125 cm³/mol. The minimum absolute atomic E-state index is 0.374. The van der Waals surface area contributed by atoms with Gasteiger partial charge in [0.15, 0.2) is 0 Å². The number of para-hydroxylation sites is 2. The third kappa shape index (κ3) is 3.79. The second-order valence-electron chi connectivity index (χ2n) is 8.22. The summed E-state index contributed by atoms with van der Waals surface area (Å²) in [5.74, 6) is 0. The Morgan fingerprint density at radius 3 is 2.00 bits per heavy atom. The molecule has 5 heteroatoms. The molecular formula is C25H27ClN3O+. The summed E-state index contributed by atoms with van der Waals surface area (Å²) >= 11 is 6.01. The molecule has 3 aromatic carbocycles. The van der Waals surface area contributed by atoms with Crippen LogP contribution in [0.15, 0.2) is 72.8 Å². The van der Waals surface area contributed by atoms with Gasteiger partial charge in [0, 0.05) is 32.5 Å². The van der Waals surface area contributed by atoms with Crippen LogP contribution in [-0.2, 0) is 6.54 Å². The highest BCUT2D eigenvalue weighted by Crippen LogP contribution is 2.28. The lowest BCUT2D eigenvalue weighted by Crippen LogP contribution is -3.15. The van der Waals surface area contributed by atoms with Crippen molar-refractivity contribution in [2.45, 2.75) is 12.6 Å². The fourth-order valence-electron chi connectivity index (χ4n) is 4.75. The van der Waals surface area contributed by atoms with Crippen molar-refractivity contribution in [3.05, 3.63) is 77.8 Å². The Labute approximate surface area is 181 Å². The standard InChI is InChI=1S/C25H26ClN3O/c26-19-9-11-20(12-10-19)28-15-13-27(14-16-28)17-21(30)18-29-24-7-3-1-5-22(24)23-6-2-4-8-25(23)29/h1-12,21,30H,13-18H2/p+1/t21-/m0/s1. The number of nitrogens with zero attached hydrogens (tertiary/aromatic N) is 2. The Hall–Kier alpha value is -2.53. The van der Waals surface area contributed by atoms with E-state index in [1.54, 1.807) is 0 Å². The Kier molecular flexibility index (Phi) is 5.38. The van der Waals surface area contributed by atoms with E-state index in [9.17, 15) is 5.11 Å². The third-order valence-corrected chi connectivity index (χ3v) is 6.51. The van der Waals surface area contributed by atoms with Crippen LogP contribution in [0.4, 0.5) is 5.69 Å². The van der Waals surface area contributed by atoms with Crippen LogP contribution < -0.4 is 9.80 Å². The third-order valence-electron chi connectivity index (χ3n) is 6.26. The van der Waals surface area contributed by atoms with E-state index in [1.807, 2.05) is 12.1 Å². The van der Waals surface area contributed by atoms with Gasteiger partial charge in [-0.3, -0.25) is 0 Å². The first-order valence-corrected chi connectivity index (χ1v) is 11.0. The first-order valence-electron chi connectivity index (χ1n) is 10.7. The van der Waals surface area contributed by atoms with Gasteiger partial charge in [0.05, 0.1) is 32.7 Å². The molecule has 1 saturated heterocycles. The summed E-state index contributed by atoms with van der Waals surface area (Å²) < 4.78 is 2.28. The number of aromatic nitrogens is 1. The molecule has 1 aliphatic heterocycles. The van der Waals surface area contributed by atoms with Gasteiger partial charge in [0.2, 0.25) is 0 Å². The number of aliphatic hydroxyl groups excluding tert-OH is 1. The first kappa shape index (κ1) is 19.4. The van der Waals surface area contributed by atoms with Crippen molar-refractivity contribution in [1.82, 2.24) is 4.57 Å². The molecule has 1 atom stereocenters. The number of aliphatic hydroxyl groups is 1. The average molecular weight is 421 g/mol. The highest BCUT2D eigenvalue weighted by Gasteiger charge is 2.23. The molecule has 0 saturated carbocycles. The van der Waals surface area contributed by atoms with Crippen LogP contribution in [0, 0.1) is 0 Å². The smallest absolute Gasteiger partial charge is 0.121 e. The quantitative estimate of drug-likeness (QED) is 0.519. The highest BCUT2D eigenvalue weighted by molar-refractivity contribution is 6.30. The number of anilines is 1. The molecule has 0 spiro atoms. The van der Waals surface area contributed by atoms with Gasteiger partial charge in [-0.25, -0.2) is 0 Å². The number of quaternary nitrogens is 1. The second-order valence-corrected chi connectivity index (χ2v) is 8.65. The van der Waals surface area contributed by atoms with Crippen molar-refractivity contribution in [3.63, 3.8) is 0 Å². The number of benzene rings is 3. The van der Waals surface area contributed by atoms with Crippen LogP contribution in [0.3, 0.4) is 0 Å². The lowest BCUT2D eigenvalue weighted by Gasteiger charge is -2.34. The maximum Gasteiger partial charge on any atom is 0.121 e. The number of hydrogen-bond acceptors (Lipinski definition) is 2. The summed E-state index contributed by atoms with van der Waals surface area (Å²) in [5.41, 5.74) is 3.62. The highest BCUT2D eigenvalue weighted by atomic mass is 35.5. The second kappa shape index (κ2) is 8.31. The largest absolute Gasteiger partial charge is 0.385 e. The molecular weight excluding hydrogens is 394 g/mol. The number of hydrogen-bond donors (Lipinski definition) is 2. The van der Waals surface area contributed by atoms with Crippen LogP contribution in [0.2, 0.25) is 5.02 Å². The molecule has 4 aromatic rings. The summed E-state index contributed by atoms with van der Waals surface area (Å²) in [7, 11) is 0. The molecule has 1 aliphatic rings. The van der Waals surface area contributed by atoms with E-state index < -0.39 is 0 Å². The molecule has 0 amide bonds. The van der Waals surface area contributed by atoms with Gasteiger partial charge in [0.1, 0.15) is 12.6 Å². The maximum atomic E-state index is 10.9. The van der Waals surface area contributed by atoms with Gasteiger partial charge >= 0.3 is 0 Å². The Morgan fingerprint density at radius 2 is 1.40 bits per heavy atom. The summed E-state index contributed by atoms with van der Waals surface area (Å²) in [6.07, 6.45) is -0.374. The molecule has 0 bridgehead atoms. The maximum absolute atomic E-state index is 10.9. The van der Waals surface area contributed by atoms with Gasteiger partial charge < -0.3 is 19.5 Å². The van der Waals surface area contributed by atoms with Crippen molar-refractivity contribution in [3.8, 4) is 0 Å². The van der Waals surface area contributed by atoms with Crippen molar-refractivity contribution < 1.29 is 10.0 Å². The van der Waals surface area contributed by atoms with E-state index in [-0.39, 0.29) is 6.10 Å². The Balaban J connectivity index is 1.26. The predicted octanol–water partition coefficient (Wildman–Crippen LogP) is 3.21. The molecule has 0 unspecified atom stereocenters. The summed E-state index contributed by atoms with van der Waals surface area (Å²) in [5, 5.41) is 14.2. The minimum Gasteiger partial charge on any atom is -0.385 e. The van der Waals surface area contributed by atoms with Gasteiger partial charge in [-0.1, -0.05) is 48.0 Å². The fourth-order valence-corrected chi connectivity index (χ4v) is 4.87. The van der Waals surface area contributed by atoms with E-state index >= 15 is 0 Å². The first-order chi connectivity index (χ1) is 14.7. The zero-order valence-corrected chi connectivity index (χ0v) is 17.7. The monoisotopic (exact) mass is 420 g/mol. The van der Waals surface area contributed by atoms with Gasteiger partial charge in [0.25, 0.3) is 0 Å². The SMILES string of the molecule is O[C@H](Cn1c2ccccc2c2ccccc21)C[NH+]1CCN(c2ccc(Cl)cc2)CC1. The number of halogens is 1. The van der Waals surface area contributed by atoms with Crippen molar-refractivity contribution in [1.29, 1.82) is 0 Å². The van der Waals surface area contributed by atoms with E-state index in [2.05, 4.69) is 70.1 Å². The number of piperazine rings is 1. The molecule has 5 rings (SSSR count). The van der Waals surface area contributed by atoms with E-state index in [0.29, 0.717) is 6.54 Å². The van der Waals surface area contributed by atoms with Gasteiger partial charge in [-0.15, -0.1) is 0 Å². The molecule has 4 nitrogen and oxygen atoms in total. The van der Waals surface area contributed by atoms with E-state index in [0.717, 1.165) is 37.7 Å². The average Bonchev–Trinajstić information content (AvgIpc) is 3.09. The molecule has 154 valence electrons. The summed E-state index contributed by atoms with van der Waals surface area (Å²) in [6.45, 7) is 5.46. The molecule has 0 radical (unpaired) electrons. The lowest BCUT2D eigenvalue weighted by atomic mass is 10.2. The fraction of sp³-hybridized carbons (Fsp3) is 0.280. The molecule has 2 N–H and O–H groups in total.